The van der Waals surface area contributed by atoms with Crippen LogP contribution in [0, 0.1) is 5.92 Å². The summed E-state index contributed by atoms with van der Waals surface area (Å²) in [7, 11) is 0. The van der Waals surface area contributed by atoms with E-state index in [0.29, 0.717) is 11.6 Å². The molecule has 1 amide bonds. The molecule has 3 rings (SSSR count). The molecule has 23 heavy (non-hydrogen) atoms. The lowest BCUT2D eigenvalue weighted by Gasteiger charge is -2.21. The van der Waals surface area contributed by atoms with Gasteiger partial charge in [-0.3, -0.25) is 4.79 Å². The standard InChI is InChI=1S/C19H24N2O2/c1-19(2,3)15-6-4-13(5-7-15)12-16-18(22)21-17(20-16)14-8-10-23-11-9-14/h4-7,12,14H,8-11H2,1-3H3,(H,20,21,22)/b16-12+. The van der Waals surface area contributed by atoms with Crippen LogP contribution in [-0.4, -0.2) is 25.0 Å². The monoisotopic (exact) mass is 312 g/mol. The van der Waals surface area contributed by atoms with E-state index in [0.717, 1.165) is 37.5 Å². The number of ether oxygens (including phenoxy) is 1. The second-order valence-corrected chi connectivity index (χ2v) is 7.24. The summed E-state index contributed by atoms with van der Waals surface area (Å²) >= 11 is 0. The number of carbonyl (C=O) groups excluding carboxylic acids is 1. The molecular formula is C19H24N2O2. The topological polar surface area (TPSA) is 50.7 Å². The van der Waals surface area contributed by atoms with E-state index < -0.39 is 0 Å². The Balaban J connectivity index is 1.78. The Bertz CT molecular complexity index is 645. The quantitative estimate of drug-likeness (QED) is 0.852. The number of hydrogen-bond donors (Lipinski definition) is 1. The third-order valence-electron chi connectivity index (χ3n) is 4.40. The minimum atomic E-state index is -0.105. The van der Waals surface area contributed by atoms with Crippen LogP contribution < -0.4 is 5.32 Å². The minimum Gasteiger partial charge on any atom is -0.381 e. The highest BCUT2D eigenvalue weighted by Gasteiger charge is 2.27. The van der Waals surface area contributed by atoms with Gasteiger partial charge in [0.1, 0.15) is 11.5 Å². The van der Waals surface area contributed by atoms with Gasteiger partial charge in [-0.15, -0.1) is 0 Å². The maximum absolute atomic E-state index is 12.1. The molecule has 0 aliphatic carbocycles. The molecule has 0 unspecified atom stereocenters. The molecule has 0 saturated carbocycles. The molecule has 0 radical (unpaired) electrons. The summed E-state index contributed by atoms with van der Waals surface area (Å²) in [6.07, 6.45) is 3.70. The fourth-order valence-electron chi connectivity index (χ4n) is 2.89. The summed E-state index contributed by atoms with van der Waals surface area (Å²) in [5, 5.41) is 2.92. The molecule has 1 aromatic rings. The number of amides is 1. The van der Waals surface area contributed by atoms with Gasteiger partial charge in [-0.1, -0.05) is 45.0 Å². The lowest BCUT2D eigenvalue weighted by molar-refractivity contribution is -0.115. The molecule has 0 bridgehead atoms. The first-order valence-electron chi connectivity index (χ1n) is 8.23. The van der Waals surface area contributed by atoms with Crippen molar-refractivity contribution in [2.45, 2.75) is 39.0 Å². The van der Waals surface area contributed by atoms with Gasteiger partial charge in [-0.05, 0) is 35.5 Å². The van der Waals surface area contributed by atoms with Gasteiger partial charge in [0.05, 0.1) is 0 Å². The van der Waals surface area contributed by atoms with Crippen LogP contribution in [0.4, 0.5) is 0 Å². The maximum atomic E-state index is 12.1. The molecule has 2 heterocycles. The van der Waals surface area contributed by atoms with Crippen molar-refractivity contribution in [2.24, 2.45) is 10.9 Å². The van der Waals surface area contributed by atoms with Crippen molar-refractivity contribution < 1.29 is 9.53 Å². The van der Waals surface area contributed by atoms with Gasteiger partial charge in [0.2, 0.25) is 0 Å². The molecule has 4 nitrogen and oxygen atoms in total. The highest BCUT2D eigenvalue weighted by atomic mass is 16.5. The van der Waals surface area contributed by atoms with Crippen LogP contribution in [0.1, 0.15) is 44.7 Å². The lowest BCUT2D eigenvalue weighted by Crippen LogP contribution is -2.33. The Morgan fingerprint density at radius 2 is 1.83 bits per heavy atom. The van der Waals surface area contributed by atoms with E-state index in [2.05, 4.69) is 43.2 Å². The van der Waals surface area contributed by atoms with Gasteiger partial charge >= 0.3 is 0 Å². The summed E-state index contributed by atoms with van der Waals surface area (Å²) in [5.41, 5.74) is 2.90. The molecule has 122 valence electrons. The summed E-state index contributed by atoms with van der Waals surface area (Å²) < 4.78 is 5.36. The van der Waals surface area contributed by atoms with E-state index in [-0.39, 0.29) is 11.3 Å². The number of aliphatic imine (C=N–C) groups is 1. The van der Waals surface area contributed by atoms with Gasteiger partial charge in [0, 0.05) is 19.1 Å². The molecule has 1 saturated heterocycles. The molecule has 1 fully saturated rings. The number of benzene rings is 1. The molecule has 0 spiro atoms. The minimum absolute atomic E-state index is 0.105. The molecule has 0 atom stereocenters. The SMILES string of the molecule is CC(C)(C)c1ccc(/C=C2/N=C(C3CCOCC3)NC2=O)cc1. The van der Waals surface area contributed by atoms with Crippen LogP contribution in [0.5, 0.6) is 0 Å². The molecule has 1 aromatic carbocycles. The van der Waals surface area contributed by atoms with Gasteiger partial charge < -0.3 is 10.1 Å². The Kier molecular flexibility index (Phi) is 4.35. The van der Waals surface area contributed by atoms with Crippen LogP contribution in [0.25, 0.3) is 6.08 Å². The largest absolute Gasteiger partial charge is 0.381 e. The third kappa shape index (κ3) is 3.70. The van der Waals surface area contributed by atoms with Crippen LogP contribution in [-0.2, 0) is 14.9 Å². The Hall–Kier alpha value is -1.94. The molecule has 0 aromatic heterocycles. The molecule has 2 aliphatic rings. The number of amidine groups is 1. The lowest BCUT2D eigenvalue weighted by atomic mass is 9.87. The number of rotatable bonds is 2. The Labute approximate surface area is 137 Å². The first-order chi connectivity index (χ1) is 10.9. The van der Waals surface area contributed by atoms with Crippen molar-refractivity contribution in [3.05, 3.63) is 41.1 Å². The third-order valence-corrected chi connectivity index (χ3v) is 4.40. The smallest absolute Gasteiger partial charge is 0.275 e. The maximum Gasteiger partial charge on any atom is 0.275 e. The van der Waals surface area contributed by atoms with Crippen molar-refractivity contribution in [3.8, 4) is 0 Å². The number of nitrogens with zero attached hydrogens (tertiary/aromatic N) is 1. The highest BCUT2D eigenvalue weighted by molar-refractivity contribution is 6.15. The molecule has 1 N–H and O–H groups in total. The zero-order valence-electron chi connectivity index (χ0n) is 14.1. The van der Waals surface area contributed by atoms with Crippen molar-refractivity contribution in [1.82, 2.24) is 5.32 Å². The van der Waals surface area contributed by atoms with Gasteiger partial charge in [0.25, 0.3) is 5.91 Å². The van der Waals surface area contributed by atoms with E-state index in [1.54, 1.807) is 0 Å². The van der Waals surface area contributed by atoms with E-state index in [9.17, 15) is 4.79 Å². The van der Waals surface area contributed by atoms with E-state index in [1.165, 1.54) is 5.56 Å². The summed E-state index contributed by atoms with van der Waals surface area (Å²) in [4.78, 5) is 16.7. The molecule has 2 aliphatic heterocycles. The van der Waals surface area contributed by atoms with Gasteiger partial charge in [-0.25, -0.2) is 4.99 Å². The summed E-state index contributed by atoms with van der Waals surface area (Å²) in [6.45, 7) is 8.06. The first-order valence-corrected chi connectivity index (χ1v) is 8.23. The molecular weight excluding hydrogens is 288 g/mol. The van der Waals surface area contributed by atoms with Crippen molar-refractivity contribution >= 4 is 17.8 Å². The van der Waals surface area contributed by atoms with Crippen molar-refractivity contribution in [3.63, 3.8) is 0 Å². The second-order valence-electron chi connectivity index (χ2n) is 7.24. The average Bonchev–Trinajstić information content (AvgIpc) is 2.89. The van der Waals surface area contributed by atoms with E-state index in [4.69, 9.17) is 4.74 Å². The Morgan fingerprint density at radius 3 is 2.43 bits per heavy atom. The van der Waals surface area contributed by atoms with Crippen LogP contribution in [0.3, 0.4) is 0 Å². The van der Waals surface area contributed by atoms with Crippen LogP contribution >= 0.6 is 0 Å². The highest BCUT2D eigenvalue weighted by Crippen LogP contribution is 2.24. The predicted octanol–water partition coefficient (Wildman–Crippen LogP) is 3.28. The van der Waals surface area contributed by atoms with Crippen molar-refractivity contribution in [2.75, 3.05) is 13.2 Å². The van der Waals surface area contributed by atoms with E-state index in [1.807, 2.05) is 18.2 Å². The second kappa shape index (κ2) is 6.28. The number of hydrogen-bond acceptors (Lipinski definition) is 3. The number of nitrogens with one attached hydrogen (secondary N) is 1. The fourth-order valence-corrected chi connectivity index (χ4v) is 2.89. The average molecular weight is 312 g/mol. The number of carbonyl (C=O) groups is 1. The Morgan fingerprint density at radius 1 is 1.17 bits per heavy atom. The molecule has 4 heteroatoms. The zero-order valence-corrected chi connectivity index (χ0v) is 14.1. The van der Waals surface area contributed by atoms with E-state index >= 15 is 0 Å². The predicted molar refractivity (Wildman–Crippen MR) is 92.2 cm³/mol. The zero-order chi connectivity index (χ0) is 16.4. The van der Waals surface area contributed by atoms with Gasteiger partial charge in [0.15, 0.2) is 0 Å². The van der Waals surface area contributed by atoms with Crippen molar-refractivity contribution in [1.29, 1.82) is 0 Å². The van der Waals surface area contributed by atoms with Crippen LogP contribution in [0.2, 0.25) is 0 Å². The first kappa shape index (κ1) is 15.9. The van der Waals surface area contributed by atoms with Crippen LogP contribution in [0.15, 0.2) is 35.0 Å². The fraction of sp³-hybridized carbons (Fsp3) is 0.474. The normalized spacial score (nSPS) is 21.4. The summed E-state index contributed by atoms with van der Waals surface area (Å²) in [6, 6.07) is 8.32. The summed E-state index contributed by atoms with van der Waals surface area (Å²) in [5.74, 6) is 1.00. The van der Waals surface area contributed by atoms with Gasteiger partial charge in [-0.2, -0.15) is 0 Å².